The van der Waals surface area contributed by atoms with Gasteiger partial charge in [0.2, 0.25) is 0 Å². The molecule has 0 saturated heterocycles. The van der Waals surface area contributed by atoms with Crippen LogP contribution in [0.1, 0.15) is 18.6 Å². The largest absolute Gasteiger partial charge is 0.434 e. The number of allylic oxidation sites excluding steroid dienone is 1. The Kier molecular flexibility index (Phi) is 7.21. The smallest absolute Gasteiger partial charge is 0.418 e. The Morgan fingerprint density at radius 3 is 2.61 bits per heavy atom. The van der Waals surface area contributed by atoms with Crippen molar-refractivity contribution in [3.63, 3.8) is 0 Å². The fraction of sp³-hybridized carbons (Fsp3) is 0.238. The number of hydrogen-bond acceptors (Lipinski definition) is 6. The minimum absolute atomic E-state index is 0.0876. The highest BCUT2D eigenvalue weighted by molar-refractivity contribution is 8.06. The molecule has 0 saturated carbocycles. The van der Waals surface area contributed by atoms with E-state index < -0.39 is 18.5 Å². The highest BCUT2D eigenvalue weighted by atomic mass is 32.2. The lowest BCUT2D eigenvalue weighted by molar-refractivity contribution is -0.104. The van der Waals surface area contributed by atoms with Crippen LogP contribution in [0.25, 0.3) is 11.1 Å². The molecule has 3 rings (SSSR count). The summed E-state index contributed by atoms with van der Waals surface area (Å²) in [5, 5.41) is 20.0. The van der Waals surface area contributed by atoms with Gasteiger partial charge in [0, 0.05) is 15.4 Å². The standard InChI is InChI=1S/C21H20F3O5PS/c1-3-14(10-25)31-11(2)19(26)13-5-6-16(27-20(22)23)15(8-13)12-4-7-17-18(9-12)29-21(24,30)28-17/h3-9,19-20,25-26H,2,10,30H2,1H3/b14-3-. The third kappa shape index (κ3) is 5.54. The third-order valence-electron chi connectivity index (χ3n) is 4.33. The summed E-state index contributed by atoms with van der Waals surface area (Å²) in [6.07, 6.45) is 0.544. The summed E-state index contributed by atoms with van der Waals surface area (Å²) in [7, 11) is 1.78. The van der Waals surface area contributed by atoms with E-state index in [0.29, 0.717) is 20.9 Å². The molecule has 10 heteroatoms. The van der Waals surface area contributed by atoms with E-state index in [2.05, 4.69) is 11.3 Å². The Hall–Kier alpha value is -2.19. The molecule has 2 N–H and O–H groups in total. The van der Waals surface area contributed by atoms with Crippen molar-refractivity contribution in [3.8, 4) is 28.4 Å². The molecule has 166 valence electrons. The molecule has 1 heterocycles. The number of ether oxygens (including phenoxy) is 3. The van der Waals surface area contributed by atoms with Crippen molar-refractivity contribution in [3.05, 3.63) is 64.4 Å². The highest BCUT2D eigenvalue weighted by Crippen LogP contribution is 2.46. The van der Waals surface area contributed by atoms with Gasteiger partial charge in [0.1, 0.15) is 11.9 Å². The maximum absolute atomic E-state index is 13.9. The summed E-state index contributed by atoms with van der Waals surface area (Å²) < 4.78 is 54.4. The molecule has 0 spiro atoms. The van der Waals surface area contributed by atoms with Crippen LogP contribution in [0.2, 0.25) is 0 Å². The molecule has 0 bridgehead atoms. The molecular weight excluding hydrogens is 452 g/mol. The average molecular weight is 472 g/mol. The number of rotatable bonds is 8. The van der Waals surface area contributed by atoms with Gasteiger partial charge in [-0.05, 0) is 51.6 Å². The molecular formula is C21H20F3O5PS. The minimum atomic E-state index is -3.07. The minimum Gasteiger partial charge on any atom is -0.434 e. The van der Waals surface area contributed by atoms with Crippen molar-refractivity contribution >= 4 is 21.0 Å². The fourth-order valence-corrected chi connectivity index (χ4v) is 3.92. The van der Waals surface area contributed by atoms with Gasteiger partial charge in [0.15, 0.2) is 11.5 Å². The quantitative estimate of drug-likeness (QED) is 0.505. The second kappa shape index (κ2) is 9.53. The van der Waals surface area contributed by atoms with Crippen LogP contribution >= 0.6 is 21.0 Å². The molecule has 0 radical (unpaired) electrons. The highest BCUT2D eigenvalue weighted by Gasteiger charge is 2.37. The molecule has 0 aliphatic carbocycles. The number of halogens is 3. The van der Waals surface area contributed by atoms with Crippen LogP contribution in [0.5, 0.6) is 17.2 Å². The summed E-state index contributed by atoms with van der Waals surface area (Å²) in [4.78, 5) is 0.941. The monoisotopic (exact) mass is 472 g/mol. The van der Waals surface area contributed by atoms with Crippen molar-refractivity contribution in [1.82, 2.24) is 0 Å². The Balaban J connectivity index is 1.98. The van der Waals surface area contributed by atoms with Gasteiger partial charge in [0.25, 0.3) is 0 Å². The van der Waals surface area contributed by atoms with Gasteiger partial charge in [-0.15, -0.1) is 0 Å². The predicted molar refractivity (Wildman–Crippen MR) is 116 cm³/mol. The van der Waals surface area contributed by atoms with Crippen molar-refractivity contribution in [2.75, 3.05) is 6.61 Å². The molecule has 0 aromatic heterocycles. The Morgan fingerprint density at radius 2 is 1.97 bits per heavy atom. The first-order valence-electron chi connectivity index (χ1n) is 9.03. The first kappa shape index (κ1) is 23.5. The summed E-state index contributed by atoms with van der Waals surface area (Å²) in [6, 6.07) is 8.63. The molecule has 31 heavy (non-hydrogen) atoms. The maximum Gasteiger partial charge on any atom is 0.418 e. The van der Waals surface area contributed by atoms with Crippen molar-refractivity contribution in [2.24, 2.45) is 0 Å². The van der Waals surface area contributed by atoms with Gasteiger partial charge in [-0.1, -0.05) is 36.5 Å². The number of benzene rings is 2. The number of aliphatic hydroxyl groups excluding tert-OH is 2. The molecule has 2 aromatic rings. The van der Waals surface area contributed by atoms with E-state index in [0.717, 1.165) is 11.8 Å². The number of fused-ring (bicyclic) bond motifs is 1. The topological polar surface area (TPSA) is 68.2 Å². The Morgan fingerprint density at radius 1 is 1.26 bits per heavy atom. The molecule has 1 aliphatic rings. The first-order chi connectivity index (χ1) is 14.6. The Bertz CT molecular complexity index is 1010. The summed E-state index contributed by atoms with van der Waals surface area (Å²) in [5.74, 6) is -2.30. The lowest BCUT2D eigenvalue weighted by Gasteiger charge is -2.18. The number of thioether (sulfide) groups is 1. The van der Waals surface area contributed by atoms with E-state index in [9.17, 15) is 23.4 Å². The van der Waals surface area contributed by atoms with Crippen LogP contribution in [0.3, 0.4) is 0 Å². The molecule has 5 nitrogen and oxygen atoms in total. The molecule has 0 fully saturated rings. The lowest BCUT2D eigenvalue weighted by atomic mass is 9.99. The van der Waals surface area contributed by atoms with E-state index in [1.807, 2.05) is 0 Å². The van der Waals surface area contributed by atoms with Crippen LogP contribution in [0, 0.1) is 0 Å². The van der Waals surface area contributed by atoms with Crippen LogP contribution < -0.4 is 14.2 Å². The second-order valence-electron chi connectivity index (χ2n) is 6.47. The van der Waals surface area contributed by atoms with E-state index >= 15 is 0 Å². The van der Waals surface area contributed by atoms with E-state index in [1.165, 1.54) is 36.4 Å². The number of aliphatic hydroxyl groups is 2. The van der Waals surface area contributed by atoms with Crippen LogP contribution in [-0.2, 0) is 0 Å². The maximum atomic E-state index is 13.9. The zero-order valence-electron chi connectivity index (χ0n) is 16.3. The van der Waals surface area contributed by atoms with Gasteiger partial charge >= 0.3 is 12.4 Å². The van der Waals surface area contributed by atoms with Gasteiger partial charge in [-0.25, -0.2) is 0 Å². The number of hydrogen-bond donors (Lipinski definition) is 2. The second-order valence-corrected chi connectivity index (χ2v) is 8.41. The van der Waals surface area contributed by atoms with Crippen molar-refractivity contribution in [2.45, 2.75) is 25.4 Å². The van der Waals surface area contributed by atoms with Crippen LogP contribution in [0.4, 0.5) is 13.2 Å². The predicted octanol–water partition coefficient (Wildman–Crippen LogP) is 5.36. The average Bonchev–Trinajstić information content (AvgIpc) is 3.04. The van der Waals surface area contributed by atoms with Gasteiger partial charge in [0.05, 0.1) is 6.61 Å². The summed E-state index contributed by atoms with van der Waals surface area (Å²) >= 11 is 1.12. The van der Waals surface area contributed by atoms with E-state index in [1.54, 1.807) is 22.2 Å². The zero-order valence-corrected chi connectivity index (χ0v) is 18.3. The SMILES string of the molecule is C=C(S/C(=C\C)CO)C(O)c1ccc(OC(F)F)c(-c2ccc3c(c2)OC(F)(P)O3)c1. The third-order valence-corrected chi connectivity index (χ3v) is 5.68. The van der Waals surface area contributed by atoms with Gasteiger partial charge in [-0.3, -0.25) is 0 Å². The van der Waals surface area contributed by atoms with Crippen LogP contribution in [0.15, 0.2) is 58.9 Å². The van der Waals surface area contributed by atoms with Crippen molar-refractivity contribution < 1.29 is 37.6 Å². The fourth-order valence-electron chi connectivity index (χ4n) is 2.89. The van der Waals surface area contributed by atoms with Gasteiger partial charge < -0.3 is 24.4 Å². The van der Waals surface area contributed by atoms with E-state index in [-0.39, 0.29) is 29.4 Å². The zero-order chi connectivity index (χ0) is 22.8. The van der Waals surface area contributed by atoms with E-state index in [4.69, 9.17) is 9.47 Å². The van der Waals surface area contributed by atoms with Gasteiger partial charge in [-0.2, -0.15) is 13.2 Å². The number of alkyl halides is 3. The van der Waals surface area contributed by atoms with Crippen molar-refractivity contribution in [1.29, 1.82) is 0 Å². The Labute approximate surface area is 183 Å². The summed E-state index contributed by atoms with van der Waals surface area (Å²) in [5.41, 5.74) is 0.984. The molecule has 2 aromatic carbocycles. The van der Waals surface area contributed by atoms with Crippen LogP contribution in [-0.4, -0.2) is 29.2 Å². The molecule has 3 unspecified atom stereocenters. The first-order valence-corrected chi connectivity index (χ1v) is 10.4. The summed E-state index contributed by atoms with van der Waals surface area (Å²) in [6.45, 7) is 2.30. The normalized spacial score (nSPS) is 18.9. The molecule has 1 aliphatic heterocycles. The molecule has 0 amide bonds. The molecule has 3 atom stereocenters. The lowest BCUT2D eigenvalue weighted by Crippen LogP contribution is -2.23.